The van der Waals surface area contributed by atoms with Crippen LogP contribution in [-0.2, 0) is 14.3 Å². The number of aryl methyl sites for hydroxylation is 1. The van der Waals surface area contributed by atoms with E-state index in [9.17, 15) is 9.59 Å². The summed E-state index contributed by atoms with van der Waals surface area (Å²) in [4.78, 5) is 26.2. The van der Waals surface area contributed by atoms with E-state index in [1.165, 1.54) is 13.2 Å². The average Bonchev–Trinajstić information content (AvgIpc) is 3.01. The van der Waals surface area contributed by atoms with Gasteiger partial charge in [-0.2, -0.15) is 0 Å². The van der Waals surface area contributed by atoms with E-state index in [1.54, 1.807) is 30.6 Å². The van der Waals surface area contributed by atoms with Crippen LogP contribution < -0.4 is 15.4 Å². The van der Waals surface area contributed by atoms with Crippen LogP contribution in [0.5, 0.6) is 5.75 Å². The zero-order valence-corrected chi connectivity index (χ0v) is 15.7. The number of halogens is 1. The molecule has 0 saturated carbocycles. The first-order chi connectivity index (χ1) is 11.9. The Morgan fingerprint density at radius 1 is 1.20 bits per heavy atom. The second-order valence-electron chi connectivity index (χ2n) is 5.18. The number of anilines is 1. The van der Waals surface area contributed by atoms with Crippen molar-refractivity contribution in [1.82, 2.24) is 5.32 Å². The molecule has 1 aromatic heterocycles. The van der Waals surface area contributed by atoms with Crippen molar-refractivity contribution in [2.24, 2.45) is 0 Å². The summed E-state index contributed by atoms with van der Waals surface area (Å²) in [6.07, 6.45) is -0.309. The SMILES string of the molecule is COc1ccc(Cl)cc1NC(=O)C(=O)NCC(OC)c1ccc(C)s1. The van der Waals surface area contributed by atoms with Gasteiger partial charge in [0.2, 0.25) is 0 Å². The molecule has 2 amide bonds. The zero-order chi connectivity index (χ0) is 18.4. The molecule has 1 aromatic carbocycles. The predicted octanol–water partition coefficient (Wildman–Crippen LogP) is 3.16. The molecule has 25 heavy (non-hydrogen) atoms. The number of carbonyl (C=O) groups is 2. The Morgan fingerprint density at radius 2 is 1.96 bits per heavy atom. The molecule has 134 valence electrons. The van der Waals surface area contributed by atoms with Crippen molar-refractivity contribution < 1.29 is 19.1 Å². The fourth-order valence-electron chi connectivity index (χ4n) is 2.15. The van der Waals surface area contributed by atoms with Gasteiger partial charge in [0.15, 0.2) is 0 Å². The number of hydrogen-bond acceptors (Lipinski definition) is 5. The molecule has 0 radical (unpaired) electrons. The molecule has 0 spiro atoms. The summed E-state index contributed by atoms with van der Waals surface area (Å²) in [6, 6.07) is 8.67. The second-order valence-corrected chi connectivity index (χ2v) is 6.94. The Hall–Kier alpha value is -2.09. The van der Waals surface area contributed by atoms with Crippen LogP contribution in [0, 0.1) is 6.92 Å². The van der Waals surface area contributed by atoms with Crippen LogP contribution >= 0.6 is 22.9 Å². The topological polar surface area (TPSA) is 76.7 Å². The van der Waals surface area contributed by atoms with E-state index < -0.39 is 11.8 Å². The molecule has 8 heteroatoms. The number of rotatable bonds is 6. The monoisotopic (exact) mass is 382 g/mol. The molecule has 0 bridgehead atoms. The Bertz CT molecular complexity index is 763. The minimum Gasteiger partial charge on any atom is -0.495 e. The van der Waals surface area contributed by atoms with Gasteiger partial charge in [0.1, 0.15) is 11.9 Å². The lowest BCUT2D eigenvalue weighted by Crippen LogP contribution is -2.37. The van der Waals surface area contributed by atoms with E-state index in [2.05, 4.69) is 10.6 Å². The minimum absolute atomic E-state index is 0.190. The first-order valence-corrected chi connectivity index (χ1v) is 8.66. The highest BCUT2D eigenvalue weighted by molar-refractivity contribution is 7.12. The van der Waals surface area contributed by atoms with E-state index in [4.69, 9.17) is 21.1 Å². The maximum absolute atomic E-state index is 12.1. The molecule has 0 aliphatic heterocycles. The van der Waals surface area contributed by atoms with Crippen LogP contribution in [0.1, 0.15) is 15.9 Å². The van der Waals surface area contributed by atoms with Crippen molar-refractivity contribution in [3.63, 3.8) is 0 Å². The third kappa shape index (κ3) is 5.19. The number of benzene rings is 1. The van der Waals surface area contributed by atoms with Crippen molar-refractivity contribution in [3.8, 4) is 5.75 Å². The Balaban J connectivity index is 1.96. The first kappa shape index (κ1) is 19.2. The van der Waals surface area contributed by atoms with E-state index in [1.807, 2.05) is 19.1 Å². The fourth-order valence-corrected chi connectivity index (χ4v) is 3.28. The van der Waals surface area contributed by atoms with Crippen molar-refractivity contribution >= 4 is 40.4 Å². The molecule has 2 aromatic rings. The molecule has 1 heterocycles. The number of ether oxygens (including phenoxy) is 2. The molecule has 0 aliphatic rings. The summed E-state index contributed by atoms with van der Waals surface area (Å²) in [6.45, 7) is 2.18. The average molecular weight is 383 g/mol. The fraction of sp³-hybridized carbons (Fsp3) is 0.294. The zero-order valence-electron chi connectivity index (χ0n) is 14.1. The molecule has 0 fully saturated rings. The number of hydrogen-bond donors (Lipinski definition) is 2. The number of nitrogens with one attached hydrogen (secondary N) is 2. The molecule has 6 nitrogen and oxygen atoms in total. The smallest absolute Gasteiger partial charge is 0.313 e. The first-order valence-electron chi connectivity index (χ1n) is 7.46. The summed E-state index contributed by atoms with van der Waals surface area (Å²) >= 11 is 7.49. The van der Waals surface area contributed by atoms with Crippen LogP contribution in [0.3, 0.4) is 0 Å². The van der Waals surface area contributed by atoms with Crippen LogP contribution in [-0.4, -0.2) is 32.6 Å². The van der Waals surface area contributed by atoms with Gasteiger partial charge in [0.25, 0.3) is 0 Å². The highest BCUT2D eigenvalue weighted by Gasteiger charge is 2.19. The number of amides is 2. The van der Waals surface area contributed by atoms with E-state index in [-0.39, 0.29) is 12.6 Å². The number of thiophene rings is 1. The summed E-state index contributed by atoms with van der Waals surface area (Å²) in [5.74, 6) is -1.16. The molecule has 0 aliphatic carbocycles. The second kappa shape index (κ2) is 8.84. The van der Waals surface area contributed by atoms with Gasteiger partial charge < -0.3 is 20.1 Å². The van der Waals surface area contributed by atoms with E-state index in [0.29, 0.717) is 16.5 Å². The molecular weight excluding hydrogens is 364 g/mol. The number of carbonyl (C=O) groups excluding carboxylic acids is 2. The maximum atomic E-state index is 12.1. The van der Waals surface area contributed by atoms with Gasteiger partial charge in [-0.1, -0.05) is 11.6 Å². The largest absolute Gasteiger partial charge is 0.495 e. The Kier molecular flexibility index (Phi) is 6.81. The van der Waals surface area contributed by atoms with Gasteiger partial charge >= 0.3 is 11.8 Å². The summed E-state index contributed by atoms with van der Waals surface area (Å²) in [7, 11) is 3.02. The van der Waals surface area contributed by atoms with Gasteiger partial charge in [0, 0.05) is 28.4 Å². The third-order valence-corrected chi connectivity index (χ3v) is 4.75. The van der Waals surface area contributed by atoms with Crippen molar-refractivity contribution in [3.05, 3.63) is 45.1 Å². The number of methoxy groups -OCH3 is 2. The van der Waals surface area contributed by atoms with Crippen LogP contribution in [0.2, 0.25) is 5.02 Å². The summed E-state index contributed by atoms with van der Waals surface area (Å²) in [5.41, 5.74) is 0.326. The standard InChI is InChI=1S/C17H19ClN2O4S/c1-10-4-7-15(25-10)14(24-3)9-19-16(21)17(22)20-12-8-11(18)5-6-13(12)23-2/h4-8,14H,9H2,1-3H3,(H,19,21)(H,20,22). The molecule has 1 atom stereocenters. The van der Waals surface area contributed by atoms with E-state index in [0.717, 1.165) is 9.75 Å². The van der Waals surface area contributed by atoms with Crippen molar-refractivity contribution in [2.75, 3.05) is 26.1 Å². The molecule has 1 unspecified atom stereocenters. The molecule has 0 saturated heterocycles. The third-order valence-electron chi connectivity index (χ3n) is 3.43. The van der Waals surface area contributed by atoms with Crippen LogP contribution in [0.4, 0.5) is 5.69 Å². The van der Waals surface area contributed by atoms with Crippen molar-refractivity contribution in [2.45, 2.75) is 13.0 Å². The van der Waals surface area contributed by atoms with Gasteiger partial charge in [-0.3, -0.25) is 9.59 Å². The Labute approximate surface area is 155 Å². The van der Waals surface area contributed by atoms with E-state index >= 15 is 0 Å². The predicted molar refractivity (Wildman–Crippen MR) is 98.4 cm³/mol. The highest BCUT2D eigenvalue weighted by Crippen LogP contribution is 2.27. The lowest BCUT2D eigenvalue weighted by Gasteiger charge is -2.15. The minimum atomic E-state index is -0.808. The summed E-state index contributed by atoms with van der Waals surface area (Å²) < 4.78 is 10.5. The lowest BCUT2D eigenvalue weighted by molar-refractivity contribution is -0.136. The van der Waals surface area contributed by atoms with Gasteiger partial charge in [0.05, 0.1) is 12.8 Å². The lowest BCUT2D eigenvalue weighted by atomic mass is 10.2. The van der Waals surface area contributed by atoms with Crippen LogP contribution in [0.15, 0.2) is 30.3 Å². The Morgan fingerprint density at radius 3 is 2.56 bits per heavy atom. The van der Waals surface area contributed by atoms with Gasteiger partial charge in [-0.05, 0) is 37.3 Å². The molecule has 2 rings (SSSR count). The maximum Gasteiger partial charge on any atom is 0.313 e. The normalized spacial score (nSPS) is 11.7. The molecule has 2 N–H and O–H groups in total. The van der Waals surface area contributed by atoms with Gasteiger partial charge in [-0.25, -0.2) is 0 Å². The summed E-state index contributed by atoms with van der Waals surface area (Å²) in [5, 5.41) is 5.48. The van der Waals surface area contributed by atoms with Crippen LogP contribution in [0.25, 0.3) is 0 Å². The van der Waals surface area contributed by atoms with Crippen molar-refractivity contribution in [1.29, 1.82) is 0 Å². The molecular formula is C17H19ClN2O4S. The highest BCUT2D eigenvalue weighted by atomic mass is 35.5. The quantitative estimate of drug-likeness (QED) is 0.752. The van der Waals surface area contributed by atoms with Gasteiger partial charge in [-0.15, -0.1) is 11.3 Å².